The van der Waals surface area contributed by atoms with E-state index in [2.05, 4.69) is 4.72 Å². The molecule has 1 amide bonds. The third kappa shape index (κ3) is 3.95. The average molecular weight is 388 g/mol. The molecule has 0 aromatic heterocycles. The van der Waals surface area contributed by atoms with Crippen LogP contribution < -0.4 is 9.62 Å². The highest BCUT2D eigenvalue weighted by molar-refractivity contribution is 7.92. The molecule has 1 saturated heterocycles. The number of carbonyl (C=O) groups is 2. The molecule has 27 heavy (non-hydrogen) atoms. The van der Waals surface area contributed by atoms with Crippen molar-refractivity contribution in [2.45, 2.75) is 25.2 Å². The summed E-state index contributed by atoms with van der Waals surface area (Å²) in [5, 5.41) is 9.06. The van der Waals surface area contributed by atoms with E-state index < -0.39 is 21.9 Å². The first-order valence-electron chi connectivity index (χ1n) is 8.41. The quantitative estimate of drug-likeness (QED) is 0.819. The normalized spacial score (nSPS) is 17.2. The lowest BCUT2D eigenvalue weighted by Gasteiger charge is -2.17. The second-order valence-electron chi connectivity index (χ2n) is 6.64. The van der Waals surface area contributed by atoms with Gasteiger partial charge in [-0.3, -0.25) is 14.3 Å². The molecule has 1 fully saturated rings. The van der Waals surface area contributed by atoms with Crippen molar-refractivity contribution in [1.82, 2.24) is 0 Å². The van der Waals surface area contributed by atoms with Gasteiger partial charge < -0.3 is 10.0 Å². The van der Waals surface area contributed by atoms with Crippen molar-refractivity contribution >= 4 is 33.3 Å². The number of anilines is 2. The number of hydrogen-bond donors (Lipinski definition) is 2. The van der Waals surface area contributed by atoms with Crippen LogP contribution in [0, 0.1) is 19.8 Å². The monoisotopic (exact) mass is 388 g/mol. The molecule has 0 aliphatic carbocycles. The molecule has 142 valence electrons. The first-order valence-corrected chi connectivity index (χ1v) is 9.89. The fourth-order valence-corrected chi connectivity index (χ4v) is 4.00. The summed E-state index contributed by atoms with van der Waals surface area (Å²) in [4.78, 5) is 24.5. The van der Waals surface area contributed by atoms with E-state index in [1.54, 1.807) is 12.1 Å². The van der Waals surface area contributed by atoms with E-state index in [1.165, 1.54) is 29.2 Å². The number of benzene rings is 2. The zero-order valence-electron chi connectivity index (χ0n) is 15.0. The number of aliphatic carboxylic acids is 1. The minimum atomic E-state index is -3.77. The van der Waals surface area contributed by atoms with Crippen molar-refractivity contribution < 1.29 is 23.1 Å². The van der Waals surface area contributed by atoms with E-state index in [9.17, 15) is 18.0 Å². The zero-order valence-corrected chi connectivity index (χ0v) is 15.8. The topological polar surface area (TPSA) is 104 Å². The molecule has 1 unspecified atom stereocenters. The highest BCUT2D eigenvalue weighted by Gasteiger charge is 2.35. The maximum Gasteiger partial charge on any atom is 0.308 e. The van der Waals surface area contributed by atoms with Crippen LogP contribution in [0.1, 0.15) is 17.5 Å². The Morgan fingerprint density at radius 1 is 1.11 bits per heavy atom. The largest absolute Gasteiger partial charge is 0.481 e. The Morgan fingerprint density at radius 3 is 2.33 bits per heavy atom. The van der Waals surface area contributed by atoms with Crippen LogP contribution in [0.15, 0.2) is 47.4 Å². The van der Waals surface area contributed by atoms with Crippen LogP contribution in [0.25, 0.3) is 0 Å². The van der Waals surface area contributed by atoms with Gasteiger partial charge in [0.15, 0.2) is 0 Å². The van der Waals surface area contributed by atoms with Crippen molar-refractivity contribution in [3.63, 3.8) is 0 Å². The molecule has 0 saturated carbocycles. The Morgan fingerprint density at radius 2 is 1.78 bits per heavy atom. The summed E-state index contributed by atoms with van der Waals surface area (Å²) in [6, 6.07) is 11.1. The maximum atomic E-state index is 12.6. The van der Waals surface area contributed by atoms with Crippen LogP contribution in [0.3, 0.4) is 0 Å². The van der Waals surface area contributed by atoms with E-state index in [4.69, 9.17) is 5.11 Å². The molecule has 1 heterocycles. The first kappa shape index (κ1) is 18.9. The summed E-state index contributed by atoms with van der Waals surface area (Å²) in [6.45, 7) is 3.93. The molecule has 2 aromatic rings. The van der Waals surface area contributed by atoms with Crippen LogP contribution in [0.4, 0.5) is 11.4 Å². The predicted octanol–water partition coefficient (Wildman–Crippen LogP) is 2.54. The van der Waals surface area contributed by atoms with Gasteiger partial charge in [-0.15, -0.1) is 0 Å². The van der Waals surface area contributed by atoms with Gasteiger partial charge >= 0.3 is 5.97 Å². The van der Waals surface area contributed by atoms with Gasteiger partial charge in [0.2, 0.25) is 5.91 Å². The number of carboxylic acids is 1. The number of amides is 1. The number of rotatable bonds is 5. The molecule has 1 aliphatic heterocycles. The van der Waals surface area contributed by atoms with E-state index in [0.29, 0.717) is 11.4 Å². The molecule has 1 aliphatic rings. The molecule has 0 spiro atoms. The Kier molecular flexibility index (Phi) is 4.93. The second kappa shape index (κ2) is 7.03. The Hall–Kier alpha value is -2.87. The highest BCUT2D eigenvalue weighted by atomic mass is 32.2. The average Bonchev–Trinajstić information content (AvgIpc) is 3.00. The number of sulfonamides is 1. The molecule has 2 aromatic carbocycles. The summed E-state index contributed by atoms with van der Waals surface area (Å²) < 4.78 is 27.7. The van der Waals surface area contributed by atoms with Gasteiger partial charge in [0.25, 0.3) is 10.0 Å². The van der Waals surface area contributed by atoms with Gasteiger partial charge in [0.05, 0.1) is 10.8 Å². The fourth-order valence-electron chi connectivity index (χ4n) is 2.95. The van der Waals surface area contributed by atoms with Gasteiger partial charge in [-0.05, 0) is 61.4 Å². The van der Waals surface area contributed by atoms with E-state index in [1.807, 2.05) is 19.9 Å². The van der Waals surface area contributed by atoms with Gasteiger partial charge in [-0.25, -0.2) is 8.42 Å². The van der Waals surface area contributed by atoms with E-state index >= 15 is 0 Å². The minimum absolute atomic E-state index is 0.0519. The molecule has 3 rings (SSSR count). The summed E-state index contributed by atoms with van der Waals surface area (Å²) >= 11 is 0. The summed E-state index contributed by atoms with van der Waals surface area (Å²) in [7, 11) is -3.77. The van der Waals surface area contributed by atoms with Crippen molar-refractivity contribution in [3.05, 3.63) is 53.6 Å². The van der Waals surface area contributed by atoms with Crippen LogP contribution >= 0.6 is 0 Å². The number of hydrogen-bond acceptors (Lipinski definition) is 4. The number of nitrogens with zero attached hydrogens (tertiary/aromatic N) is 1. The number of carboxylic acid groups (broad SMARTS) is 1. The van der Waals surface area contributed by atoms with Crippen molar-refractivity contribution in [1.29, 1.82) is 0 Å². The maximum absolute atomic E-state index is 12.6. The molecule has 2 N–H and O–H groups in total. The van der Waals surface area contributed by atoms with Crippen molar-refractivity contribution in [3.8, 4) is 0 Å². The molecule has 0 radical (unpaired) electrons. The molecular formula is C19H20N2O5S. The number of nitrogens with one attached hydrogen (secondary N) is 1. The third-order valence-electron chi connectivity index (χ3n) is 4.69. The van der Waals surface area contributed by atoms with Crippen LogP contribution in [-0.4, -0.2) is 31.9 Å². The lowest BCUT2D eigenvalue weighted by atomic mass is 10.1. The lowest BCUT2D eigenvalue weighted by molar-refractivity contribution is -0.141. The summed E-state index contributed by atoms with van der Waals surface area (Å²) in [5.74, 6) is -2.04. The SMILES string of the molecule is Cc1ccc(NS(=O)(=O)c2ccc(N3CC(C(=O)O)CC3=O)cc2)cc1C. The van der Waals surface area contributed by atoms with Crippen LogP contribution in [-0.2, 0) is 19.6 Å². The van der Waals surface area contributed by atoms with E-state index in [-0.39, 0.29) is 23.8 Å². The Bertz CT molecular complexity index is 999. The highest BCUT2D eigenvalue weighted by Crippen LogP contribution is 2.27. The van der Waals surface area contributed by atoms with Crippen molar-refractivity contribution in [2.75, 3.05) is 16.2 Å². The zero-order chi connectivity index (χ0) is 19.8. The predicted molar refractivity (Wildman–Crippen MR) is 101 cm³/mol. The summed E-state index contributed by atoms with van der Waals surface area (Å²) in [5.41, 5.74) is 3.00. The summed E-state index contributed by atoms with van der Waals surface area (Å²) in [6.07, 6.45) is -0.0519. The van der Waals surface area contributed by atoms with Gasteiger partial charge in [0, 0.05) is 24.3 Å². The molecule has 8 heteroatoms. The van der Waals surface area contributed by atoms with Crippen LogP contribution in [0.2, 0.25) is 0 Å². The smallest absolute Gasteiger partial charge is 0.308 e. The molecule has 1 atom stereocenters. The number of carbonyl (C=O) groups excluding carboxylic acids is 1. The Labute approximate surface area is 157 Å². The minimum Gasteiger partial charge on any atom is -0.481 e. The number of aryl methyl sites for hydroxylation is 2. The lowest BCUT2D eigenvalue weighted by Crippen LogP contribution is -2.25. The fraction of sp³-hybridized carbons (Fsp3) is 0.263. The van der Waals surface area contributed by atoms with Crippen LogP contribution in [0.5, 0.6) is 0 Å². The molecule has 7 nitrogen and oxygen atoms in total. The van der Waals surface area contributed by atoms with Gasteiger partial charge in [-0.1, -0.05) is 6.07 Å². The second-order valence-corrected chi connectivity index (χ2v) is 8.32. The molecule has 0 bridgehead atoms. The third-order valence-corrected chi connectivity index (χ3v) is 6.09. The first-order chi connectivity index (χ1) is 12.7. The Balaban J connectivity index is 1.79. The molecular weight excluding hydrogens is 368 g/mol. The standard InChI is InChI=1S/C19H20N2O5S/c1-12-3-4-15(9-13(12)2)20-27(25,26)17-7-5-16(6-8-17)21-11-14(19(23)24)10-18(21)22/h3-9,14,20H,10-11H2,1-2H3,(H,23,24). The van der Waals surface area contributed by atoms with Crippen molar-refractivity contribution in [2.24, 2.45) is 5.92 Å². The van der Waals surface area contributed by atoms with Gasteiger partial charge in [-0.2, -0.15) is 0 Å². The van der Waals surface area contributed by atoms with Gasteiger partial charge in [0.1, 0.15) is 0 Å². The van der Waals surface area contributed by atoms with E-state index in [0.717, 1.165) is 11.1 Å².